The van der Waals surface area contributed by atoms with Crippen LogP contribution in [-0.4, -0.2) is 92.2 Å². The van der Waals surface area contributed by atoms with Crippen LogP contribution in [0.3, 0.4) is 0 Å². The zero-order valence-corrected chi connectivity index (χ0v) is 24.3. The average Bonchev–Trinajstić information content (AvgIpc) is 2.90. The molecule has 9 heteroatoms. The number of piperazine rings is 1. The van der Waals surface area contributed by atoms with Crippen molar-refractivity contribution in [2.75, 3.05) is 20.1 Å². The van der Waals surface area contributed by atoms with Crippen LogP contribution in [-0.2, 0) is 9.53 Å². The molecule has 0 aliphatic carbocycles. The van der Waals surface area contributed by atoms with Crippen LogP contribution in [0, 0.1) is 5.92 Å². The number of aromatic nitrogens is 1. The Morgan fingerprint density at radius 3 is 2.73 bits per heavy atom. The highest BCUT2D eigenvalue weighted by Gasteiger charge is 2.46. The summed E-state index contributed by atoms with van der Waals surface area (Å²) in [6, 6.07) is 5.17. The Kier molecular flexibility index (Phi) is 11.1. The normalized spacial score (nSPS) is 32.3. The molecule has 3 rings (SSSR count). The number of aliphatic hydroxyl groups is 2. The fourth-order valence-corrected chi connectivity index (χ4v) is 5.57. The third-order valence-electron chi connectivity index (χ3n) is 8.35. The summed E-state index contributed by atoms with van der Waals surface area (Å²) in [7, 11) is 1.96. The zero-order chi connectivity index (χ0) is 29.4. The maximum Gasteiger partial charge on any atom is 0.407 e. The van der Waals surface area contributed by atoms with Crippen LogP contribution < -0.4 is 0 Å². The second kappa shape index (κ2) is 14.1. The van der Waals surface area contributed by atoms with Gasteiger partial charge in [0.2, 0.25) is 0 Å². The quantitative estimate of drug-likeness (QED) is 0.281. The molecule has 0 spiro atoms. The van der Waals surface area contributed by atoms with Gasteiger partial charge in [0, 0.05) is 49.3 Å². The van der Waals surface area contributed by atoms with E-state index in [1.54, 1.807) is 13.1 Å². The molecule has 0 aromatic carbocycles. The molecule has 3 heterocycles. The molecule has 220 valence electrons. The summed E-state index contributed by atoms with van der Waals surface area (Å²) in [5, 5.41) is 32.2. The molecule has 2 aliphatic heterocycles. The average molecular weight is 556 g/mol. The van der Waals surface area contributed by atoms with Crippen LogP contribution in [0.2, 0.25) is 0 Å². The first-order valence-electron chi connectivity index (χ1n) is 14.1. The van der Waals surface area contributed by atoms with Crippen LogP contribution in [0.4, 0.5) is 4.79 Å². The van der Waals surface area contributed by atoms with Gasteiger partial charge in [0.1, 0.15) is 6.10 Å². The molecule has 3 unspecified atom stereocenters. The Balaban J connectivity index is 1.90. The molecule has 2 aliphatic rings. The molecule has 0 saturated carbocycles. The molecule has 1 fully saturated rings. The molecule has 9 nitrogen and oxygen atoms in total. The molecular formula is C31H45N3O6. The maximum absolute atomic E-state index is 12.7. The lowest BCUT2D eigenvalue weighted by atomic mass is 9.75. The van der Waals surface area contributed by atoms with Crippen LogP contribution in [0.25, 0.3) is 0 Å². The van der Waals surface area contributed by atoms with Gasteiger partial charge < -0.3 is 25.0 Å². The molecule has 3 N–H and O–H groups in total. The van der Waals surface area contributed by atoms with Crippen molar-refractivity contribution in [1.29, 1.82) is 0 Å². The van der Waals surface area contributed by atoms with E-state index in [0.717, 1.165) is 11.3 Å². The van der Waals surface area contributed by atoms with Gasteiger partial charge >= 0.3 is 12.1 Å². The molecule has 0 bridgehead atoms. The predicted octanol–water partition coefficient (Wildman–Crippen LogP) is 4.14. The van der Waals surface area contributed by atoms with Crippen molar-refractivity contribution >= 4 is 12.1 Å². The largest absolute Gasteiger partial charge is 0.465 e. The fourth-order valence-electron chi connectivity index (χ4n) is 5.57. The van der Waals surface area contributed by atoms with E-state index in [1.807, 2.05) is 69.5 Å². The molecule has 40 heavy (non-hydrogen) atoms. The highest BCUT2D eigenvalue weighted by Crippen LogP contribution is 2.35. The van der Waals surface area contributed by atoms with Gasteiger partial charge in [-0.05, 0) is 58.4 Å². The number of pyridine rings is 1. The van der Waals surface area contributed by atoms with Crippen molar-refractivity contribution in [1.82, 2.24) is 14.8 Å². The van der Waals surface area contributed by atoms with Gasteiger partial charge in [0.25, 0.3) is 0 Å². The molecular weight excluding hydrogens is 510 g/mol. The predicted molar refractivity (Wildman–Crippen MR) is 154 cm³/mol. The Hall–Kier alpha value is -3.01. The van der Waals surface area contributed by atoms with Gasteiger partial charge in [-0.25, -0.2) is 4.79 Å². The number of nitrogens with zero attached hydrogens (tertiary/aromatic N) is 3. The van der Waals surface area contributed by atoms with Gasteiger partial charge in [-0.2, -0.15) is 0 Å². The number of amides is 1. The van der Waals surface area contributed by atoms with Crippen molar-refractivity contribution in [3.63, 3.8) is 0 Å². The van der Waals surface area contributed by atoms with E-state index in [1.165, 1.54) is 4.90 Å². The topological polar surface area (TPSA) is 123 Å². The summed E-state index contributed by atoms with van der Waals surface area (Å²) in [5.74, 6) is -0.927. The number of aliphatic hydroxyl groups excluding tert-OH is 1. The lowest BCUT2D eigenvalue weighted by Gasteiger charge is -2.50. The van der Waals surface area contributed by atoms with Crippen LogP contribution in [0.5, 0.6) is 0 Å². The van der Waals surface area contributed by atoms with E-state index in [4.69, 9.17) is 4.74 Å². The molecule has 7 atom stereocenters. The number of hydrogen-bond acceptors (Lipinski definition) is 7. The van der Waals surface area contributed by atoms with Crippen molar-refractivity contribution < 1.29 is 29.6 Å². The van der Waals surface area contributed by atoms with Gasteiger partial charge in [-0.15, -0.1) is 0 Å². The molecule has 1 aromatic heterocycles. The highest BCUT2D eigenvalue weighted by molar-refractivity contribution is 5.70. The minimum absolute atomic E-state index is 0.106. The van der Waals surface area contributed by atoms with Gasteiger partial charge in [0.05, 0.1) is 24.2 Å². The van der Waals surface area contributed by atoms with Gasteiger partial charge in [0.15, 0.2) is 0 Å². The first-order chi connectivity index (χ1) is 18.9. The summed E-state index contributed by atoms with van der Waals surface area (Å²) in [6.07, 6.45) is 9.38. The fraction of sp³-hybridized carbons (Fsp3) is 0.581. The van der Waals surface area contributed by atoms with Crippen molar-refractivity contribution in [2.24, 2.45) is 5.92 Å². The summed E-state index contributed by atoms with van der Waals surface area (Å²) < 4.78 is 5.79. The summed E-state index contributed by atoms with van der Waals surface area (Å²) in [4.78, 5) is 32.8. The number of allylic oxidation sites excluding steroid dienone is 3. The minimum Gasteiger partial charge on any atom is -0.465 e. The number of hydrogen-bond donors (Lipinski definition) is 3. The molecule has 1 saturated heterocycles. The summed E-state index contributed by atoms with van der Waals surface area (Å²) >= 11 is 0. The Morgan fingerprint density at radius 2 is 2.05 bits per heavy atom. The van der Waals surface area contributed by atoms with E-state index in [-0.39, 0.29) is 31.2 Å². The van der Waals surface area contributed by atoms with E-state index in [2.05, 4.69) is 16.8 Å². The minimum atomic E-state index is -1.31. The summed E-state index contributed by atoms with van der Waals surface area (Å²) in [5.41, 5.74) is 0.473. The van der Waals surface area contributed by atoms with Crippen molar-refractivity contribution in [2.45, 2.75) is 89.2 Å². The molecule has 1 amide bonds. The number of rotatable bonds is 5. The second-order valence-corrected chi connectivity index (χ2v) is 11.4. The van der Waals surface area contributed by atoms with Gasteiger partial charge in [-0.3, -0.25) is 14.7 Å². The second-order valence-electron chi connectivity index (χ2n) is 11.4. The third-order valence-corrected chi connectivity index (χ3v) is 8.35. The SMILES string of the molecule is C/C(=C\C=C\C(C)c1ccccn1)C1CC=CC([C@H]2[C@H](C)N(C)CCN2C(=O)O)[C@](C)(O)CC[C@@H](O)CC(=O)O1. The number of cyclic esters (lactones) is 1. The first kappa shape index (κ1) is 31.5. The van der Waals surface area contributed by atoms with E-state index in [0.29, 0.717) is 19.5 Å². The van der Waals surface area contributed by atoms with Gasteiger partial charge in [-0.1, -0.05) is 43.4 Å². The van der Waals surface area contributed by atoms with Crippen molar-refractivity contribution in [3.05, 3.63) is 66.0 Å². The lowest BCUT2D eigenvalue weighted by Crippen LogP contribution is -2.64. The third kappa shape index (κ3) is 8.25. The Bertz CT molecular complexity index is 1090. The monoisotopic (exact) mass is 555 g/mol. The van der Waals surface area contributed by atoms with Crippen molar-refractivity contribution in [3.8, 4) is 0 Å². The first-order valence-corrected chi connectivity index (χ1v) is 14.1. The Labute approximate surface area is 237 Å². The highest BCUT2D eigenvalue weighted by atomic mass is 16.5. The smallest absolute Gasteiger partial charge is 0.407 e. The van der Waals surface area contributed by atoms with Crippen LogP contribution >= 0.6 is 0 Å². The van der Waals surface area contributed by atoms with Crippen LogP contribution in [0.15, 0.2) is 60.3 Å². The number of carboxylic acid groups (broad SMARTS) is 1. The number of likely N-dealkylation sites (N-methyl/N-ethyl adjacent to an activating group) is 1. The number of carbonyl (C=O) groups is 2. The van der Waals surface area contributed by atoms with E-state index >= 15 is 0 Å². The van der Waals surface area contributed by atoms with Crippen LogP contribution in [0.1, 0.15) is 65.0 Å². The lowest BCUT2D eigenvalue weighted by molar-refractivity contribution is -0.150. The molecule has 1 aromatic rings. The maximum atomic E-state index is 12.7. The molecule has 0 radical (unpaired) electrons. The number of ether oxygens (including phenoxy) is 1. The number of carbonyl (C=O) groups excluding carboxylic acids is 1. The van der Waals surface area contributed by atoms with E-state index in [9.17, 15) is 24.9 Å². The number of esters is 1. The Morgan fingerprint density at radius 1 is 1.30 bits per heavy atom. The van der Waals surface area contributed by atoms with E-state index < -0.39 is 41.8 Å². The zero-order valence-electron chi connectivity index (χ0n) is 24.3. The standard InChI is InChI=1S/C31H45N3O6/c1-21(26-13-6-7-17-32-26)10-8-11-22(2)27-14-9-12-25(29-23(3)33(5)18-19-34(29)30(37)38)31(4,39)16-15-24(35)20-28(36)40-27/h6-13,17,21,23-25,27,29,35,39H,14-16,18-20H2,1-5H3,(H,37,38)/b10-8+,12-9?,22-11+/t21?,23-,24+,25?,27?,29+,31+/m0/s1. The summed E-state index contributed by atoms with van der Waals surface area (Å²) in [6.45, 7) is 8.56.